The first-order valence-electron chi connectivity index (χ1n) is 6.84. The van der Waals surface area contributed by atoms with Crippen molar-refractivity contribution < 1.29 is 9.53 Å². The molecular weight excluding hydrogens is 318 g/mol. The lowest BCUT2D eigenvalue weighted by Gasteiger charge is -2.22. The smallest absolute Gasteiger partial charge is 0.224 e. The number of carbonyl (C=O) groups excluding carboxylic acids is 1. The van der Waals surface area contributed by atoms with E-state index in [2.05, 4.69) is 42.0 Å². The highest BCUT2D eigenvalue weighted by atomic mass is 79.9. The van der Waals surface area contributed by atoms with Gasteiger partial charge in [-0.05, 0) is 29.5 Å². The van der Waals surface area contributed by atoms with Crippen LogP contribution in [0, 0.1) is 5.41 Å². The Balaban J connectivity index is 2.40. The lowest BCUT2D eigenvalue weighted by Crippen LogP contribution is -2.32. The molecule has 20 heavy (non-hydrogen) atoms. The molecule has 1 aromatic rings. The van der Waals surface area contributed by atoms with Crippen LogP contribution in [-0.4, -0.2) is 24.4 Å². The molecule has 4 heteroatoms. The molecule has 1 atom stereocenters. The minimum Gasteiger partial charge on any atom is -0.497 e. The largest absolute Gasteiger partial charge is 0.497 e. The van der Waals surface area contributed by atoms with Gasteiger partial charge in [0.05, 0.1) is 13.5 Å². The van der Waals surface area contributed by atoms with E-state index in [1.807, 2.05) is 24.3 Å². The Morgan fingerprint density at radius 3 is 2.70 bits per heavy atom. The zero-order chi connectivity index (χ0) is 15.2. The first-order valence-corrected chi connectivity index (χ1v) is 7.75. The van der Waals surface area contributed by atoms with Gasteiger partial charge in [0.1, 0.15) is 5.75 Å². The van der Waals surface area contributed by atoms with Gasteiger partial charge in [0.15, 0.2) is 0 Å². The summed E-state index contributed by atoms with van der Waals surface area (Å²) in [7, 11) is 1.63. The number of benzene rings is 1. The van der Waals surface area contributed by atoms with Crippen molar-refractivity contribution in [1.29, 1.82) is 0 Å². The van der Waals surface area contributed by atoms with E-state index in [0.29, 0.717) is 17.8 Å². The molecule has 1 aromatic carbocycles. The minimum atomic E-state index is 0.0385. The van der Waals surface area contributed by atoms with Gasteiger partial charge in [0, 0.05) is 11.4 Å². The van der Waals surface area contributed by atoms with E-state index < -0.39 is 0 Å². The second kappa shape index (κ2) is 7.67. The third kappa shape index (κ3) is 6.94. The van der Waals surface area contributed by atoms with Gasteiger partial charge in [-0.3, -0.25) is 4.79 Å². The fourth-order valence-corrected chi connectivity index (χ4v) is 3.12. The highest BCUT2D eigenvalue weighted by Crippen LogP contribution is 2.24. The highest BCUT2D eigenvalue weighted by molar-refractivity contribution is 9.09. The van der Waals surface area contributed by atoms with Gasteiger partial charge in [-0.25, -0.2) is 0 Å². The van der Waals surface area contributed by atoms with E-state index in [9.17, 15) is 4.79 Å². The molecule has 1 N–H and O–H groups in total. The van der Waals surface area contributed by atoms with Crippen molar-refractivity contribution in [2.24, 2.45) is 5.41 Å². The summed E-state index contributed by atoms with van der Waals surface area (Å²) in [6, 6.07) is 7.59. The van der Waals surface area contributed by atoms with Gasteiger partial charge < -0.3 is 10.1 Å². The van der Waals surface area contributed by atoms with Crippen molar-refractivity contribution in [1.82, 2.24) is 5.32 Å². The van der Waals surface area contributed by atoms with Crippen LogP contribution in [0.5, 0.6) is 5.75 Å². The second-order valence-corrected chi connectivity index (χ2v) is 7.49. The highest BCUT2D eigenvalue weighted by Gasteiger charge is 2.17. The molecule has 0 fully saturated rings. The lowest BCUT2D eigenvalue weighted by molar-refractivity contribution is -0.120. The molecule has 1 unspecified atom stereocenters. The summed E-state index contributed by atoms with van der Waals surface area (Å²) in [4.78, 5) is 12.2. The monoisotopic (exact) mass is 341 g/mol. The molecule has 0 bridgehead atoms. The number of nitrogens with one attached hydrogen (secondary N) is 1. The molecule has 1 amide bonds. The Hall–Kier alpha value is -1.03. The maximum Gasteiger partial charge on any atom is 0.224 e. The predicted molar refractivity (Wildman–Crippen MR) is 86.5 cm³/mol. The number of hydrogen-bond donors (Lipinski definition) is 1. The number of alkyl halides is 1. The normalized spacial score (nSPS) is 12.8. The van der Waals surface area contributed by atoms with E-state index in [0.717, 1.165) is 17.7 Å². The number of methoxy groups -OCH3 is 1. The molecular formula is C16H24BrNO2. The van der Waals surface area contributed by atoms with Crippen LogP contribution in [0.1, 0.15) is 32.8 Å². The maximum atomic E-state index is 11.9. The minimum absolute atomic E-state index is 0.0385. The summed E-state index contributed by atoms with van der Waals surface area (Å²) in [5.74, 6) is 0.818. The van der Waals surface area contributed by atoms with Crippen LogP contribution in [-0.2, 0) is 11.2 Å². The number of rotatable bonds is 6. The van der Waals surface area contributed by atoms with E-state index in [1.165, 1.54) is 0 Å². The van der Waals surface area contributed by atoms with Crippen LogP contribution in [0.2, 0.25) is 0 Å². The number of hydrogen-bond acceptors (Lipinski definition) is 2. The molecule has 0 aliphatic carbocycles. The van der Waals surface area contributed by atoms with Crippen LogP contribution >= 0.6 is 15.9 Å². The summed E-state index contributed by atoms with van der Waals surface area (Å²) in [5.41, 5.74) is 1.22. The van der Waals surface area contributed by atoms with Crippen LogP contribution < -0.4 is 10.1 Å². The third-order valence-corrected chi connectivity index (χ3v) is 3.50. The van der Waals surface area contributed by atoms with E-state index in [-0.39, 0.29) is 11.3 Å². The zero-order valence-corrected chi connectivity index (χ0v) is 14.3. The van der Waals surface area contributed by atoms with Gasteiger partial charge in [0.25, 0.3) is 0 Å². The molecule has 0 radical (unpaired) electrons. The van der Waals surface area contributed by atoms with E-state index in [4.69, 9.17) is 4.74 Å². The van der Waals surface area contributed by atoms with Crippen molar-refractivity contribution in [2.45, 2.75) is 38.4 Å². The first-order chi connectivity index (χ1) is 9.30. The number of halogens is 1. The van der Waals surface area contributed by atoms with Crippen molar-refractivity contribution in [3.05, 3.63) is 29.8 Å². The van der Waals surface area contributed by atoms with Crippen LogP contribution in [0.25, 0.3) is 0 Å². The number of amides is 1. The maximum absolute atomic E-state index is 11.9. The van der Waals surface area contributed by atoms with Gasteiger partial charge >= 0.3 is 0 Å². The molecule has 0 aromatic heterocycles. The molecule has 0 heterocycles. The topological polar surface area (TPSA) is 38.3 Å². The Labute approximate surface area is 130 Å². The first kappa shape index (κ1) is 17.0. The molecule has 3 nitrogen and oxygen atoms in total. The van der Waals surface area contributed by atoms with Gasteiger partial charge in [-0.1, -0.05) is 48.8 Å². The molecule has 112 valence electrons. The van der Waals surface area contributed by atoms with Crippen molar-refractivity contribution >= 4 is 21.8 Å². The molecule has 0 aliphatic heterocycles. The van der Waals surface area contributed by atoms with Crippen molar-refractivity contribution in [3.8, 4) is 5.75 Å². The molecule has 0 saturated carbocycles. The standard InChI is InChI=1S/C16H24BrNO2/c1-16(2,3)10-13(17)11-18-15(19)9-12-6-5-7-14(8-12)20-4/h5-8,13H,9-11H2,1-4H3,(H,18,19). The van der Waals surface area contributed by atoms with E-state index in [1.54, 1.807) is 7.11 Å². The van der Waals surface area contributed by atoms with Crippen LogP contribution in [0.15, 0.2) is 24.3 Å². The van der Waals surface area contributed by atoms with Crippen LogP contribution in [0.4, 0.5) is 0 Å². The average Bonchev–Trinajstić information content (AvgIpc) is 2.34. The van der Waals surface area contributed by atoms with Crippen molar-refractivity contribution in [3.63, 3.8) is 0 Å². The number of carbonyl (C=O) groups is 1. The van der Waals surface area contributed by atoms with Crippen molar-refractivity contribution in [2.75, 3.05) is 13.7 Å². The Morgan fingerprint density at radius 1 is 1.40 bits per heavy atom. The Bertz CT molecular complexity index is 440. The lowest BCUT2D eigenvalue weighted by atomic mass is 9.90. The summed E-state index contributed by atoms with van der Waals surface area (Å²) in [5, 5.41) is 2.96. The Morgan fingerprint density at radius 2 is 2.10 bits per heavy atom. The predicted octanol–water partition coefficient (Wildman–Crippen LogP) is 3.55. The molecule has 1 rings (SSSR count). The summed E-state index contributed by atoms with van der Waals surface area (Å²) in [6.45, 7) is 7.23. The summed E-state index contributed by atoms with van der Waals surface area (Å²) in [6.07, 6.45) is 1.40. The van der Waals surface area contributed by atoms with Gasteiger partial charge in [-0.2, -0.15) is 0 Å². The summed E-state index contributed by atoms with van der Waals surface area (Å²) >= 11 is 3.62. The van der Waals surface area contributed by atoms with Gasteiger partial charge in [0.2, 0.25) is 5.91 Å². The molecule has 0 aliphatic rings. The number of ether oxygens (including phenoxy) is 1. The summed E-state index contributed by atoms with van der Waals surface area (Å²) < 4.78 is 5.15. The van der Waals surface area contributed by atoms with Crippen LogP contribution in [0.3, 0.4) is 0 Å². The Kier molecular flexibility index (Phi) is 6.53. The second-order valence-electron chi connectivity index (χ2n) is 6.19. The third-order valence-electron chi connectivity index (χ3n) is 2.85. The molecule has 0 spiro atoms. The zero-order valence-electron chi connectivity index (χ0n) is 12.7. The SMILES string of the molecule is COc1cccc(CC(=O)NCC(Br)CC(C)(C)C)c1. The average molecular weight is 342 g/mol. The quantitative estimate of drug-likeness (QED) is 0.803. The van der Waals surface area contributed by atoms with E-state index >= 15 is 0 Å². The fourth-order valence-electron chi connectivity index (χ4n) is 1.99. The molecule has 0 saturated heterocycles. The van der Waals surface area contributed by atoms with Gasteiger partial charge in [-0.15, -0.1) is 0 Å². The fraction of sp³-hybridized carbons (Fsp3) is 0.562.